The van der Waals surface area contributed by atoms with Crippen molar-refractivity contribution in [3.63, 3.8) is 0 Å². The fourth-order valence-electron chi connectivity index (χ4n) is 3.26. The van der Waals surface area contributed by atoms with Gasteiger partial charge in [-0.15, -0.1) is 0 Å². The summed E-state index contributed by atoms with van der Waals surface area (Å²) < 4.78 is 51.4. The number of halogens is 4. The fourth-order valence-corrected chi connectivity index (χ4v) is 3.26. The predicted octanol–water partition coefficient (Wildman–Crippen LogP) is 4.25. The van der Waals surface area contributed by atoms with Crippen LogP contribution in [0.2, 0.25) is 0 Å². The number of nitrogens with zero attached hydrogens (tertiary/aromatic N) is 4. The Balaban J connectivity index is 1.49. The summed E-state index contributed by atoms with van der Waals surface area (Å²) in [6.07, 6.45) is 0.851. The molecule has 0 saturated carbocycles. The highest BCUT2D eigenvalue weighted by atomic mass is 19.4. The molecular formula is C20H16F4N4. The Morgan fingerprint density at radius 3 is 2.54 bits per heavy atom. The van der Waals surface area contributed by atoms with Crippen LogP contribution in [0.1, 0.15) is 22.4 Å². The molecule has 0 atom stereocenters. The third-order valence-electron chi connectivity index (χ3n) is 4.65. The van der Waals surface area contributed by atoms with Crippen molar-refractivity contribution >= 4 is 0 Å². The van der Waals surface area contributed by atoms with Crippen molar-refractivity contribution in [3.05, 3.63) is 77.1 Å². The fraction of sp³-hybridized carbons (Fsp3) is 0.250. The van der Waals surface area contributed by atoms with Gasteiger partial charge >= 0.3 is 6.18 Å². The van der Waals surface area contributed by atoms with Gasteiger partial charge in [0.05, 0.1) is 17.5 Å². The molecule has 0 amide bonds. The second-order valence-electron chi connectivity index (χ2n) is 6.71. The standard InChI is InChI=1S/C20H16F4N4/c21-17-7-13(8-25-10-17)11-28-6-5-18-15(12-28)9-26-19(27-18)14-1-3-16(4-2-14)20(22,23)24/h1-4,7-10H,5-6,11-12H2. The van der Waals surface area contributed by atoms with Crippen LogP contribution in [0.15, 0.2) is 48.9 Å². The summed E-state index contributed by atoms with van der Waals surface area (Å²) >= 11 is 0. The van der Waals surface area contributed by atoms with Crippen LogP contribution in [0, 0.1) is 5.82 Å². The Bertz CT molecular complexity index is 986. The van der Waals surface area contributed by atoms with Gasteiger partial charge in [0.15, 0.2) is 5.82 Å². The SMILES string of the molecule is Fc1cncc(CN2CCc3nc(-c4ccc(C(F)(F)F)cc4)ncc3C2)c1. The van der Waals surface area contributed by atoms with E-state index in [9.17, 15) is 17.6 Å². The molecule has 4 rings (SSSR count). The lowest BCUT2D eigenvalue weighted by Gasteiger charge is -2.28. The zero-order valence-electron chi connectivity index (χ0n) is 14.7. The van der Waals surface area contributed by atoms with E-state index in [1.807, 2.05) is 0 Å². The summed E-state index contributed by atoms with van der Waals surface area (Å²) in [4.78, 5) is 14.9. The number of alkyl halides is 3. The van der Waals surface area contributed by atoms with E-state index in [1.54, 1.807) is 12.4 Å². The first-order valence-electron chi connectivity index (χ1n) is 8.73. The van der Waals surface area contributed by atoms with Crippen LogP contribution in [0.4, 0.5) is 17.6 Å². The lowest BCUT2D eigenvalue weighted by atomic mass is 10.1. The second-order valence-corrected chi connectivity index (χ2v) is 6.71. The molecule has 0 saturated heterocycles. The van der Waals surface area contributed by atoms with Gasteiger partial charge in [0.1, 0.15) is 5.82 Å². The molecule has 0 fully saturated rings. The van der Waals surface area contributed by atoms with Gasteiger partial charge in [-0.1, -0.05) is 12.1 Å². The smallest absolute Gasteiger partial charge is 0.294 e. The molecule has 28 heavy (non-hydrogen) atoms. The molecule has 1 aliphatic rings. The highest BCUT2D eigenvalue weighted by Gasteiger charge is 2.30. The number of benzene rings is 1. The van der Waals surface area contributed by atoms with Crippen LogP contribution >= 0.6 is 0 Å². The maximum absolute atomic E-state index is 13.3. The van der Waals surface area contributed by atoms with Gasteiger partial charge in [0, 0.05) is 49.6 Å². The van der Waals surface area contributed by atoms with Gasteiger partial charge in [0.25, 0.3) is 0 Å². The molecule has 3 heterocycles. The summed E-state index contributed by atoms with van der Waals surface area (Å²) in [6, 6.07) is 6.31. The number of fused-ring (bicyclic) bond motifs is 1. The normalized spacial score (nSPS) is 14.7. The Morgan fingerprint density at radius 1 is 1.04 bits per heavy atom. The lowest BCUT2D eigenvalue weighted by Crippen LogP contribution is -2.31. The van der Waals surface area contributed by atoms with E-state index < -0.39 is 11.7 Å². The molecule has 4 nitrogen and oxygen atoms in total. The zero-order valence-corrected chi connectivity index (χ0v) is 14.7. The van der Waals surface area contributed by atoms with Crippen LogP contribution < -0.4 is 0 Å². The van der Waals surface area contributed by atoms with Crippen molar-refractivity contribution < 1.29 is 17.6 Å². The Hall–Kier alpha value is -2.87. The molecule has 1 aromatic carbocycles. The molecule has 0 unspecified atom stereocenters. The van der Waals surface area contributed by atoms with E-state index in [0.29, 0.717) is 30.9 Å². The minimum absolute atomic E-state index is 0.362. The topological polar surface area (TPSA) is 41.9 Å². The van der Waals surface area contributed by atoms with E-state index in [2.05, 4.69) is 19.9 Å². The quantitative estimate of drug-likeness (QED) is 0.629. The summed E-state index contributed by atoms with van der Waals surface area (Å²) in [5, 5.41) is 0. The van der Waals surface area contributed by atoms with Crippen molar-refractivity contribution in [1.29, 1.82) is 0 Å². The van der Waals surface area contributed by atoms with Crippen LogP contribution in [-0.4, -0.2) is 26.4 Å². The molecule has 8 heteroatoms. The van der Waals surface area contributed by atoms with Gasteiger partial charge in [-0.25, -0.2) is 14.4 Å². The first-order chi connectivity index (χ1) is 13.4. The van der Waals surface area contributed by atoms with Crippen molar-refractivity contribution in [2.24, 2.45) is 0 Å². The Labute approximate surface area is 158 Å². The molecule has 0 radical (unpaired) electrons. The summed E-state index contributed by atoms with van der Waals surface area (Å²) in [6.45, 7) is 1.94. The number of aromatic nitrogens is 3. The van der Waals surface area contributed by atoms with E-state index >= 15 is 0 Å². The molecule has 0 spiro atoms. The maximum atomic E-state index is 13.3. The van der Waals surface area contributed by atoms with Crippen molar-refractivity contribution in [2.45, 2.75) is 25.7 Å². The lowest BCUT2D eigenvalue weighted by molar-refractivity contribution is -0.137. The molecule has 3 aromatic rings. The van der Waals surface area contributed by atoms with Gasteiger partial charge in [-0.2, -0.15) is 13.2 Å². The minimum Gasteiger partial charge on any atom is -0.294 e. The average molecular weight is 388 g/mol. The third-order valence-corrected chi connectivity index (χ3v) is 4.65. The van der Waals surface area contributed by atoms with E-state index in [4.69, 9.17) is 0 Å². The van der Waals surface area contributed by atoms with Gasteiger partial charge in [0.2, 0.25) is 0 Å². The maximum Gasteiger partial charge on any atom is 0.416 e. The largest absolute Gasteiger partial charge is 0.416 e. The minimum atomic E-state index is -4.37. The molecular weight excluding hydrogens is 372 g/mol. The van der Waals surface area contributed by atoms with Crippen molar-refractivity contribution in [3.8, 4) is 11.4 Å². The molecule has 0 aliphatic carbocycles. The first-order valence-corrected chi connectivity index (χ1v) is 8.73. The van der Waals surface area contributed by atoms with Crippen LogP contribution in [0.3, 0.4) is 0 Å². The highest BCUT2D eigenvalue weighted by molar-refractivity contribution is 5.56. The van der Waals surface area contributed by atoms with E-state index in [-0.39, 0.29) is 5.82 Å². The van der Waals surface area contributed by atoms with Crippen LogP contribution in [0.25, 0.3) is 11.4 Å². The molecule has 1 aliphatic heterocycles. The monoisotopic (exact) mass is 388 g/mol. The van der Waals surface area contributed by atoms with Crippen LogP contribution in [-0.2, 0) is 25.7 Å². The zero-order chi connectivity index (χ0) is 19.7. The van der Waals surface area contributed by atoms with Crippen molar-refractivity contribution in [1.82, 2.24) is 19.9 Å². The van der Waals surface area contributed by atoms with E-state index in [0.717, 1.165) is 35.5 Å². The van der Waals surface area contributed by atoms with Gasteiger partial charge < -0.3 is 0 Å². The Kier molecular flexibility index (Phi) is 4.80. The molecule has 2 aromatic heterocycles. The molecule has 0 bridgehead atoms. The first kappa shape index (κ1) is 18.5. The second kappa shape index (κ2) is 7.27. The number of hydrogen-bond acceptors (Lipinski definition) is 4. The summed E-state index contributed by atoms with van der Waals surface area (Å²) in [5.74, 6) is 0.0506. The number of hydrogen-bond donors (Lipinski definition) is 0. The number of rotatable bonds is 3. The molecule has 144 valence electrons. The highest BCUT2D eigenvalue weighted by Crippen LogP contribution is 2.30. The molecule has 0 N–H and O–H groups in total. The third kappa shape index (κ3) is 4.01. The van der Waals surface area contributed by atoms with Gasteiger partial charge in [-0.05, 0) is 23.8 Å². The predicted molar refractivity (Wildman–Crippen MR) is 94.5 cm³/mol. The number of pyridine rings is 1. The van der Waals surface area contributed by atoms with Crippen molar-refractivity contribution in [2.75, 3.05) is 6.54 Å². The Morgan fingerprint density at radius 2 is 1.82 bits per heavy atom. The van der Waals surface area contributed by atoms with Crippen LogP contribution in [0.5, 0.6) is 0 Å². The average Bonchev–Trinajstić information content (AvgIpc) is 2.67. The summed E-state index contributed by atoms with van der Waals surface area (Å²) in [7, 11) is 0. The van der Waals surface area contributed by atoms with E-state index in [1.165, 1.54) is 24.4 Å². The summed E-state index contributed by atoms with van der Waals surface area (Å²) in [5.41, 5.74) is 2.50. The van der Waals surface area contributed by atoms with Gasteiger partial charge in [-0.3, -0.25) is 9.88 Å².